The third-order valence-corrected chi connectivity index (χ3v) is 5.42. The summed E-state index contributed by atoms with van der Waals surface area (Å²) in [7, 11) is 0. The van der Waals surface area contributed by atoms with Crippen molar-refractivity contribution in [3.63, 3.8) is 0 Å². The normalized spacial score (nSPS) is 20.6. The molecule has 0 aromatic rings. The second-order valence-electron chi connectivity index (χ2n) is 4.46. The Hall–Kier alpha value is 0.400. The molecule has 2 atom stereocenters. The smallest absolute Gasteiger partial charge is 0.0600 e. The third-order valence-electron chi connectivity index (χ3n) is 2.89. The van der Waals surface area contributed by atoms with E-state index < -0.39 is 0 Å². The number of hydrogen-bond donors (Lipinski definition) is 1. The lowest BCUT2D eigenvalue weighted by atomic mass is 9.99. The second kappa shape index (κ2) is 8.48. The maximum absolute atomic E-state index is 10.0. The van der Waals surface area contributed by atoms with E-state index in [4.69, 9.17) is 0 Å². The summed E-state index contributed by atoms with van der Waals surface area (Å²) >= 11 is 3.90. The van der Waals surface area contributed by atoms with Crippen molar-refractivity contribution in [3.05, 3.63) is 10.3 Å². The summed E-state index contributed by atoms with van der Waals surface area (Å²) in [5.74, 6) is 2.81. The van der Waals surface area contributed by atoms with E-state index in [1.165, 1.54) is 35.0 Å². The lowest BCUT2D eigenvalue weighted by molar-refractivity contribution is 0.125. The number of hydrogen-bond acceptors (Lipinski definition) is 3. The highest BCUT2D eigenvalue weighted by Gasteiger charge is 2.14. The Morgan fingerprint density at radius 2 is 2.00 bits per heavy atom. The molecule has 1 aliphatic rings. The van der Waals surface area contributed by atoms with Crippen LogP contribution in [-0.2, 0) is 0 Å². The van der Waals surface area contributed by atoms with E-state index in [1.54, 1.807) is 0 Å². The highest BCUT2D eigenvalue weighted by Crippen LogP contribution is 2.35. The predicted octanol–water partition coefficient (Wildman–Crippen LogP) is 4.28. The van der Waals surface area contributed by atoms with Gasteiger partial charge in [0.15, 0.2) is 0 Å². The van der Waals surface area contributed by atoms with E-state index in [2.05, 4.69) is 19.9 Å². The first-order valence-corrected chi connectivity index (χ1v) is 8.36. The van der Waals surface area contributed by atoms with Gasteiger partial charge in [-0.25, -0.2) is 0 Å². The molecule has 1 nitrogen and oxygen atoms in total. The monoisotopic (exact) mass is 260 g/mol. The van der Waals surface area contributed by atoms with Crippen LogP contribution in [0.3, 0.4) is 0 Å². The summed E-state index contributed by atoms with van der Waals surface area (Å²) in [6.07, 6.45) is 8.02. The van der Waals surface area contributed by atoms with Gasteiger partial charge < -0.3 is 5.11 Å². The molecule has 0 amide bonds. The van der Waals surface area contributed by atoms with Crippen LogP contribution in [0.25, 0.3) is 0 Å². The minimum atomic E-state index is -0.151. The summed E-state index contributed by atoms with van der Waals surface area (Å²) in [6.45, 7) is 4.34. The molecule has 1 rings (SSSR count). The number of aliphatic hydroxyl groups excluding tert-OH is 1. The van der Waals surface area contributed by atoms with Gasteiger partial charge in [0, 0.05) is 10.2 Å². The molecule has 1 aliphatic heterocycles. The van der Waals surface area contributed by atoms with Crippen LogP contribution in [0.2, 0.25) is 0 Å². The first kappa shape index (κ1) is 14.5. The first-order chi connectivity index (χ1) is 7.74. The van der Waals surface area contributed by atoms with Gasteiger partial charge in [0.05, 0.1) is 6.10 Å². The molecule has 0 aromatic carbocycles. The van der Waals surface area contributed by atoms with Crippen LogP contribution in [0, 0.1) is 5.92 Å². The van der Waals surface area contributed by atoms with E-state index in [1.807, 2.05) is 23.5 Å². The number of thioether (sulfide) groups is 2. The predicted molar refractivity (Wildman–Crippen MR) is 76.9 cm³/mol. The van der Waals surface area contributed by atoms with Gasteiger partial charge in [-0.3, -0.25) is 0 Å². The molecule has 1 fully saturated rings. The SMILES string of the molecule is CCCCCC(O)C(C)C=C1SCCCS1. The number of rotatable bonds is 6. The molecule has 94 valence electrons. The lowest BCUT2D eigenvalue weighted by Crippen LogP contribution is -2.15. The minimum Gasteiger partial charge on any atom is -0.393 e. The van der Waals surface area contributed by atoms with Crippen molar-refractivity contribution < 1.29 is 5.11 Å². The Bertz CT molecular complexity index is 208. The van der Waals surface area contributed by atoms with Crippen LogP contribution >= 0.6 is 23.5 Å². The van der Waals surface area contributed by atoms with Gasteiger partial charge in [-0.2, -0.15) is 0 Å². The Kier molecular flexibility index (Phi) is 7.67. The summed E-state index contributed by atoms with van der Waals surface area (Å²) in [6, 6.07) is 0. The molecule has 1 heterocycles. The van der Waals surface area contributed by atoms with Crippen molar-refractivity contribution in [1.29, 1.82) is 0 Å². The van der Waals surface area contributed by atoms with Crippen molar-refractivity contribution in [3.8, 4) is 0 Å². The van der Waals surface area contributed by atoms with Gasteiger partial charge in [-0.1, -0.05) is 39.2 Å². The fourth-order valence-electron chi connectivity index (χ4n) is 1.73. The molecule has 0 spiro atoms. The molecule has 0 aliphatic carbocycles. The van der Waals surface area contributed by atoms with Crippen molar-refractivity contribution >= 4 is 23.5 Å². The molecule has 3 heteroatoms. The number of aliphatic hydroxyl groups is 1. The quantitative estimate of drug-likeness (QED) is 0.720. The summed E-state index contributed by atoms with van der Waals surface area (Å²) in [4.78, 5) is 0. The average molecular weight is 260 g/mol. The van der Waals surface area contributed by atoms with Crippen LogP contribution in [0.4, 0.5) is 0 Å². The van der Waals surface area contributed by atoms with Crippen LogP contribution in [0.15, 0.2) is 10.3 Å². The summed E-state index contributed by atoms with van der Waals surface area (Å²) in [5.41, 5.74) is 0. The van der Waals surface area contributed by atoms with Gasteiger partial charge >= 0.3 is 0 Å². The average Bonchev–Trinajstić information content (AvgIpc) is 2.30. The van der Waals surface area contributed by atoms with E-state index >= 15 is 0 Å². The van der Waals surface area contributed by atoms with E-state index in [9.17, 15) is 5.11 Å². The molecule has 16 heavy (non-hydrogen) atoms. The largest absolute Gasteiger partial charge is 0.393 e. The van der Waals surface area contributed by atoms with Gasteiger partial charge in [0.25, 0.3) is 0 Å². The standard InChI is InChI=1S/C13H24OS2/c1-3-4-5-7-12(14)11(2)10-13-15-8-6-9-16-13/h10-12,14H,3-9H2,1-2H3. The van der Waals surface area contributed by atoms with E-state index in [0.717, 1.165) is 12.8 Å². The number of unbranched alkanes of at least 4 members (excludes halogenated alkanes) is 2. The Morgan fingerprint density at radius 1 is 1.31 bits per heavy atom. The van der Waals surface area contributed by atoms with Crippen molar-refractivity contribution in [2.45, 2.75) is 52.1 Å². The van der Waals surface area contributed by atoms with E-state index in [-0.39, 0.29) is 6.10 Å². The molecule has 0 saturated carbocycles. The lowest BCUT2D eigenvalue weighted by Gasteiger charge is -2.19. The molecule has 0 aromatic heterocycles. The minimum absolute atomic E-state index is 0.151. The van der Waals surface area contributed by atoms with Crippen LogP contribution < -0.4 is 0 Å². The van der Waals surface area contributed by atoms with Gasteiger partial charge in [-0.05, 0) is 24.3 Å². The van der Waals surface area contributed by atoms with Gasteiger partial charge in [0.2, 0.25) is 0 Å². The Balaban J connectivity index is 2.28. The maximum Gasteiger partial charge on any atom is 0.0600 e. The molecular weight excluding hydrogens is 236 g/mol. The molecule has 0 bridgehead atoms. The van der Waals surface area contributed by atoms with Crippen molar-refractivity contribution in [1.82, 2.24) is 0 Å². The Labute approximate surface area is 108 Å². The van der Waals surface area contributed by atoms with E-state index in [0.29, 0.717) is 5.92 Å². The Morgan fingerprint density at radius 3 is 2.62 bits per heavy atom. The van der Waals surface area contributed by atoms with Gasteiger partial charge in [0.1, 0.15) is 0 Å². The van der Waals surface area contributed by atoms with Crippen LogP contribution in [0.5, 0.6) is 0 Å². The highest BCUT2D eigenvalue weighted by atomic mass is 32.2. The molecule has 2 unspecified atom stereocenters. The maximum atomic E-state index is 10.0. The fraction of sp³-hybridized carbons (Fsp3) is 0.846. The van der Waals surface area contributed by atoms with Gasteiger partial charge in [-0.15, -0.1) is 23.5 Å². The summed E-state index contributed by atoms with van der Waals surface area (Å²) < 4.78 is 1.42. The van der Waals surface area contributed by atoms with Crippen molar-refractivity contribution in [2.75, 3.05) is 11.5 Å². The third kappa shape index (κ3) is 5.65. The zero-order valence-corrected chi connectivity index (χ0v) is 12.1. The molecule has 1 N–H and O–H groups in total. The molecular formula is C13H24OS2. The highest BCUT2D eigenvalue weighted by molar-refractivity contribution is 8.22. The van der Waals surface area contributed by atoms with Crippen LogP contribution in [0.1, 0.15) is 46.0 Å². The second-order valence-corrected chi connectivity index (χ2v) is 6.99. The zero-order valence-electron chi connectivity index (χ0n) is 10.4. The summed E-state index contributed by atoms with van der Waals surface area (Å²) in [5, 5.41) is 10.0. The topological polar surface area (TPSA) is 20.2 Å². The first-order valence-electron chi connectivity index (χ1n) is 6.39. The van der Waals surface area contributed by atoms with Crippen LogP contribution in [-0.4, -0.2) is 22.7 Å². The molecule has 0 radical (unpaired) electrons. The van der Waals surface area contributed by atoms with Crippen molar-refractivity contribution in [2.24, 2.45) is 5.92 Å². The fourth-order valence-corrected chi connectivity index (χ4v) is 4.35. The molecule has 1 saturated heterocycles. The zero-order chi connectivity index (χ0) is 11.8.